The predicted octanol–water partition coefficient (Wildman–Crippen LogP) is 5.12. The van der Waals surface area contributed by atoms with E-state index in [1.165, 1.54) is 16.4 Å². The minimum Gasteiger partial charge on any atom is -0.488 e. The van der Waals surface area contributed by atoms with Gasteiger partial charge in [-0.3, -0.25) is 4.79 Å². The number of benzene rings is 3. The van der Waals surface area contributed by atoms with Gasteiger partial charge in [0.2, 0.25) is 11.1 Å². The van der Waals surface area contributed by atoms with Crippen LogP contribution in [-0.4, -0.2) is 39.0 Å². The van der Waals surface area contributed by atoms with Crippen LogP contribution < -0.4 is 21.3 Å². The van der Waals surface area contributed by atoms with Crippen molar-refractivity contribution in [2.75, 3.05) is 28.6 Å². The average molecular weight is 554 g/mol. The maximum Gasteiger partial charge on any atom is 0.264 e. The molecule has 4 N–H and O–H groups in total. The summed E-state index contributed by atoms with van der Waals surface area (Å²) in [5.74, 6) is 6.94. The van der Waals surface area contributed by atoms with Gasteiger partial charge in [-0.15, -0.1) is 22.0 Å². The Morgan fingerprint density at radius 1 is 1.11 bits per heavy atom. The number of nitrogens with two attached hydrogens (primary N) is 1. The fraction of sp³-hybridized carbons (Fsp3) is 0.120. The quantitative estimate of drug-likeness (QED) is 0.101. The summed E-state index contributed by atoms with van der Waals surface area (Å²) >= 11 is 8.68. The Kier molecular flexibility index (Phi) is 9.30. The second-order valence-corrected chi connectivity index (χ2v) is 9.76. The van der Waals surface area contributed by atoms with Crippen LogP contribution in [0.2, 0.25) is 5.02 Å². The number of rotatable bonds is 11. The van der Waals surface area contributed by atoms with Crippen LogP contribution in [0.25, 0.3) is 0 Å². The Morgan fingerprint density at radius 2 is 1.86 bits per heavy atom. The van der Waals surface area contributed by atoms with Gasteiger partial charge in [-0.2, -0.15) is 5.10 Å². The van der Waals surface area contributed by atoms with Crippen LogP contribution in [0.5, 0.6) is 5.75 Å². The number of halogens is 1. The number of hydrogen-bond donors (Lipinski definition) is 3. The van der Waals surface area contributed by atoms with E-state index >= 15 is 0 Å². The monoisotopic (exact) mass is 553 g/mol. The second-order valence-electron chi connectivity index (χ2n) is 7.54. The number of para-hydroxylation sites is 2. The molecule has 37 heavy (non-hydrogen) atoms. The number of hydrogen-bond acceptors (Lipinski definition) is 9. The summed E-state index contributed by atoms with van der Waals surface area (Å²) < 4.78 is 7.19. The lowest BCUT2D eigenvalue weighted by molar-refractivity contribution is -0.113. The minimum absolute atomic E-state index is 0.125. The van der Waals surface area contributed by atoms with Gasteiger partial charge in [-0.1, -0.05) is 59.8 Å². The Bertz CT molecular complexity index is 1380. The number of carbonyl (C=O) groups excluding carboxylic acids is 1. The van der Waals surface area contributed by atoms with Crippen molar-refractivity contribution >= 4 is 58.9 Å². The first-order chi connectivity index (χ1) is 18.0. The van der Waals surface area contributed by atoms with Crippen LogP contribution in [0.1, 0.15) is 11.1 Å². The van der Waals surface area contributed by atoms with Gasteiger partial charge in [0, 0.05) is 15.5 Å². The summed E-state index contributed by atoms with van der Waals surface area (Å²) in [5.41, 5.74) is 5.31. The fourth-order valence-electron chi connectivity index (χ4n) is 3.14. The molecule has 4 aromatic rings. The van der Waals surface area contributed by atoms with Gasteiger partial charge in [-0.05, 0) is 48.2 Å². The zero-order valence-corrected chi connectivity index (χ0v) is 22.2. The van der Waals surface area contributed by atoms with Gasteiger partial charge in [0.25, 0.3) is 5.95 Å². The molecule has 0 fully saturated rings. The van der Waals surface area contributed by atoms with E-state index in [-0.39, 0.29) is 17.6 Å². The fourth-order valence-corrected chi connectivity index (χ4v) is 4.47. The number of anilines is 2. The molecule has 4 rings (SSSR count). The summed E-state index contributed by atoms with van der Waals surface area (Å²) in [6.07, 6.45) is 3.57. The van der Waals surface area contributed by atoms with Crippen molar-refractivity contribution in [3.63, 3.8) is 0 Å². The standard InChI is InChI=1S/C25H24ClN7O2S2/c1-36-22-9-5-3-7-20(22)29-23(34)16-37-25-32-31-24(33(25)27)30-28-14-18-6-2-4-8-21(18)35-15-17-10-12-19(26)13-11-17/h2-14H,15-16,27H2,1H3,(H,29,34)(H,30,31)/b28-14+. The topological polar surface area (TPSA) is 119 Å². The maximum atomic E-state index is 12.4. The second kappa shape index (κ2) is 13.0. The Labute approximate surface area is 227 Å². The van der Waals surface area contributed by atoms with Crippen LogP contribution in [0, 0.1) is 0 Å². The van der Waals surface area contributed by atoms with E-state index in [0.717, 1.165) is 21.7 Å². The highest BCUT2D eigenvalue weighted by Crippen LogP contribution is 2.25. The normalized spacial score (nSPS) is 11.0. The molecule has 0 unspecified atom stereocenters. The predicted molar refractivity (Wildman–Crippen MR) is 151 cm³/mol. The van der Waals surface area contributed by atoms with Gasteiger partial charge in [0.05, 0.1) is 17.7 Å². The Morgan fingerprint density at radius 3 is 2.68 bits per heavy atom. The molecular weight excluding hydrogens is 530 g/mol. The zero-order valence-electron chi connectivity index (χ0n) is 19.8. The Balaban J connectivity index is 1.31. The number of nitrogen functional groups attached to an aromatic ring is 1. The molecule has 0 radical (unpaired) electrons. The van der Waals surface area contributed by atoms with Crippen molar-refractivity contribution < 1.29 is 9.53 Å². The Hall–Kier alpha value is -3.67. The molecule has 3 aromatic carbocycles. The molecule has 0 spiro atoms. The van der Waals surface area contributed by atoms with Crippen LogP contribution >= 0.6 is 35.1 Å². The highest BCUT2D eigenvalue weighted by Gasteiger charge is 2.13. The molecular formula is C25H24ClN7O2S2. The molecule has 0 bridgehead atoms. The van der Waals surface area contributed by atoms with E-state index in [2.05, 4.69) is 26.0 Å². The first kappa shape index (κ1) is 26.4. The molecule has 0 aliphatic carbocycles. The van der Waals surface area contributed by atoms with Crippen LogP contribution in [0.4, 0.5) is 11.6 Å². The van der Waals surface area contributed by atoms with Crippen molar-refractivity contribution in [2.24, 2.45) is 5.10 Å². The lowest BCUT2D eigenvalue weighted by Gasteiger charge is -2.09. The van der Waals surface area contributed by atoms with Gasteiger partial charge >= 0.3 is 0 Å². The summed E-state index contributed by atoms with van der Waals surface area (Å²) in [7, 11) is 0. The average Bonchev–Trinajstić information content (AvgIpc) is 3.27. The number of thioether (sulfide) groups is 2. The summed E-state index contributed by atoms with van der Waals surface area (Å²) in [6.45, 7) is 0.392. The van der Waals surface area contributed by atoms with Gasteiger partial charge in [-0.25, -0.2) is 10.1 Å². The molecule has 12 heteroatoms. The first-order valence-electron chi connectivity index (χ1n) is 11.0. The molecule has 0 saturated carbocycles. The zero-order chi connectivity index (χ0) is 26.0. The lowest BCUT2D eigenvalue weighted by Crippen LogP contribution is -2.17. The maximum absolute atomic E-state index is 12.4. The summed E-state index contributed by atoms with van der Waals surface area (Å²) in [5, 5.41) is 16.2. The molecule has 1 aromatic heterocycles. The number of carbonyl (C=O) groups is 1. The minimum atomic E-state index is -0.169. The van der Waals surface area contributed by atoms with E-state index in [1.54, 1.807) is 18.0 Å². The molecule has 0 atom stereocenters. The van der Waals surface area contributed by atoms with E-state index in [0.29, 0.717) is 22.5 Å². The number of amides is 1. The molecule has 1 amide bonds. The van der Waals surface area contributed by atoms with E-state index < -0.39 is 0 Å². The third kappa shape index (κ3) is 7.42. The summed E-state index contributed by atoms with van der Waals surface area (Å²) in [4.78, 5) is 13.4. The SMILES string of the molecule is CSc1ccccc1NC(=O)CSc1nnc(N/N=C/c2ccccc2OCc2ccc(Cl)cc2)n1N. The van der Waals surface area contributed by atoms with Crippen molar-refractivity contribution in [1.29, 1.82) is 0 Å². The molecule has 0 saturated heterocycles. The number of nitrogens with one attached hydrogen (secondary N) is 2. The lowest BCUT2D eigenvalue weighted by atomic mass is 10.2. The van der Waals surface area contributed by atoms with Crippen molar-refractivity contribution in [3.05, 3.63) is 88.9 Å². The van der Waals surface area contributed by atoms with Crippen molar-refractivity contribution in [1.82, 2.24) is 14.9 Å². The van der Waals surface area contributed by atoms with Crippen molar-refractivity contribution in [3.8, 4) is 5.75 Å². The number of hydrazone groups is 1. The molecule has 9 nitrogen and oxygen atoms in total. The van der Waals surface area contributed by atoms with E-state index in [1.807, 2.05) is 79.1 Å². The third-order valence-corrected chi connectivity index (χ3v) is 6.96. The third-order valence-electron chi connectivity index (χ3n) is 4.97. The molecule has 0 aliphatic rings. The van der Waals surface area contributed by atoms with Gasteiger partial charge in [0.15, 0.2) is 0 Å². The van der Waals surface area contributed by atoms with Crippen LogP contribution in [0.3, 0.4) is 0 Å². The van der Waals surface area contributed by atoms with Gasteiger partial charge in [0.1, 0.15) is 12.4 Å². The van der Waals surface area contributed by atoms with Gasteiger partial charge < -0.3 is 15.9 Å². The van der Waals surface area contributed by atoms with Crippen LogP contribution in [0.15, 0.2) is 87.9 Å². The number of ether oxygens (including phenoxy) is 1. The first-order valence-corrected chi connectivity index (χ1v) is 13.6. The highest BCUT2D eigenvalue weighted by atomic mass is 35.5. The smallest absolute Gasteiger partial charge is 0.264 e. The molecule has 0 aliphatic heterocycles. The largest absolute Gasteiger partial charge is 0.488 e. The number of aromatic nitrogens is 3. The molecule has 1 heterocycles. The van der Waals surface area contributed by atoms with Crippen LogP contribution in [-0.2, 0) is 11.4 Å². The van der Waals surface area contributed by atoms with E-state index in [9.17, 15) is 4.79 Å². The number of nitrogens with zero attached hydrogens (tertiary/aromatic N) is 4. The summed E-state index contributed by atoms with van der Waals surface area (Å²) in [6, 6.07) is 22.6. The van der Waals surface area contributed by atoms with Crippen molar-refractivity contribution in [2.45, 2.75) is 16.7 Å². The van der Waals surface area contributed by atoms with E-state index in [4.69, 9.17) is 22.2 Å². The highest BCUT2D eigenvalue weighted by molar-refractivity contribution is 7.99. The molecule has 190 valence electrons.